The van der Waals surface area contributed by atoms with Gasteiger partial charge in [0.2, 0.25) is 5.88 Å². The van der Waals surface area contributed by atoms with Gasteiger partial charge in [-0.15, -0.1) is 11.3 Å². The molecule has 7 heteroatoms. The molecular formula is C15H18N4O2S. The van der Waals surface area contributed by atoms with E-state index >= 15 is 0 Å². The van der Waals surface area contributed by atoms with Crippen molar-refractivity contribution in [3.05, 3.63) is 34.8 Å². The molecule has 2 aromatic heterocycles. The smallest absolute Gasteiger partial charge is 0.264 e. The second kappa shape index (κ2) is 6.31. The van der Waals surface area contributed by atoms with Crippen molar-refractivity contribution in [2.24, 2.45) is 0 Å². The van der Waals surface area contributed by atoms with Crippen LogP contribution in [-0.2, 0) is 0 Å². The van der Waals surface area contributed by atoms with Crippen LogP contribution in [0.3, 0.4) is 0 Å². The van der Waals surface area contributed by atoms with Crippen LogP contribution in [0.1, 0.15) is 16.1 Å². The van der Waals surface area contributed by atoms with Crippen molar-refractivity contribution in [1.82, 2.24) is 14.9 Å². The zero-order valence-electron chi connectivity index (χ0n) is 12.6. The standard InChI is InChI=1S/C15H18N4O2S/c1-18(2)13-8-16-9-14(17-13)21-11-5-6-19(10-11)15(20)12-4-3-7-22-12/h3-4,7-9,11H,5-6,10H2,1-2H3/t11-/m0/s1. The molecule has 1 amide bonds. The molecule has 2 aromatic rings. The molecule has 0 saturated carbocycles. The predicted molar refractivity (Wildman–Crippen MR) is 85.6 cm³/mol. The molecule has 1 saturated heterocycles. The summed E-state index contributed by atoms with van der Waals surface area (Å²) in [4.78, 5) is 25.3. The summed E-state index contributed by atoms with van der Waals surface area (Å²) in [6.07, 6.45) is 4.08. The number of likely N-dealkylation sites (tertiary alicyclic amines) is 1. The molecule has 1 fully saturated rings. The minimum absolute atomic E-state index is 0.0318. The Balaban J connectivity index is 1.61. The van der Waals surface area contributed by atoms with Gasteiger partial charge in [-0.1, -0.05) is 6.07 Å². The summed E-state index contributed by atoms with van der Waals surface area (Å²) >= 11 is 1.47. The monoisotopic (exact) mass is 318 g/mol. The number of anilines is 1. The number of thiophene rings is 1. The van der Waals surface area contributed by atoms with Crippen LogP contribution in [0.5, 0.6) is 5.88 Å². The number of amides is 1. The van der Waals surface area contributed by atoms with Gasteiger partial charge in [-0.2, -0.15) is 4.98 Å². The summed E-state index contributed by atoms with van der Waals surface area (Å²) in [5.41, 5.74) is 0. The van der Waals surface area contributed by atoms with Crippen molar-refractivity contribution < 1.29 is 9.53 Å². The second-order valence-electron chi connectivity index (χ2n) is 5.37. The van der Waals surface area contributed by atoms with Crippen LogP contribution < -0.4 is 9.64 Å². The van der Waals surface area contributed by atoms with Gasteiger partial charge in [0.25, 0.3) is 5.91 Å². The van der Waals surface area contributed by atoms with Crippen molar-refractivity contribution in [2.75, 3.05) is 32.1 Å². The minimum Gasteiger partial charge on any atom is -0.471 e. The van der Waals surface area contributed by atoms with Crippen LogP contribution in [-0.4, -0.2) is 54.1 Å². The summed E-state index contributed by atoms with van der Waals surface area (Å²) in [6, 6.07) is 3.75. The molecular weight excluding hydrogens is 300 g/mol. The first-order valence-corrected chi connectivity index (χ1v) is 8.00. The second-order valence-corrected chi connectivity index (χ2v) is 6.31. The van der Waals surface area contributed by atoms with E-state index in [1.165, 1.54) is 11.3 Å². The average molecular weight is 318 g/mol. The molecule has 0 aromatic carbocycles. The maximum Gasteiger partial charge on any atom is 0.264 e. The van der Waals surface area contributed by atoms with Crippen LogP contribution in [0.2, 0.25) is 0 Å². The SMILES string of the molecule is CN(C)c1cncc(O[C@H]2CCN(C(=O)c3cccs3)C2)n1. The summed E-state index contributed by atoms with van der Waals surface area (Å²) in [7, 11) is 3.82. The van der Waals surface area contributed by atoms with E-state index in [4.69, 9.17) is 4.74 Å². The fourth-order valence-electron chi connectivity index (χ4n) is 2.35. The molecule has 6 nitrogen and oxygen atoms in total. The Hall–Kier alpha value is -2.15. The Labute approximate surface area is 133 Å². The molecule has 3 heterocycles. The van der Waals surface area contributed by atoms with Crippen molar-refractivity contribution in [3.8, 4) is 5.88 Å². The number of ether oxygens (including phenoxy) is 1. The van der Waals surface area contributed by atoms with Crippen molar-refractivity contribution in [3.63, 3.8) is 0 Å². The number of carbonyl (C=O) groups is 1. The van der Waals surface area contributed by atoms with E-state index in [2.05, 4.69) is 9.97 Å². The van der Waals surface area contributed by atoms with Gasteiger partial charge in [0, 0.05) is 27.1 Å². The molecule has 1 aliphatic heterocycles. The van der Waals surface area contributed by atoms with E-state index in [1.54, 1.807) is 12.4 Å². The zero-order chi connectivity index (χ0) is 15.5. The number of rotatable bonds is 4. The van der Waals surface area contributed by atoms with Gasteiger partial charge >= 0.3 is 0 Å². The first kappa shape index (κ1) is 14.8. The first-order valence-electron chi connectivity index (χ1n) is 7.12. The van der Waals surface area contributed by atoms with Crippen molar-refractivity contribution >= 4 is 23.1 Å². The topological polar surface area (TPSA) is 58.6 Å². The number of carbonyl (C=O) groups excluding carboxylic acids is 1. The largest absolute Gasteiger partial charge is 0.471 e. The first-order chi connectivity index (χ1) is 10.6. The third-order valence-corrected chi connectivity index (χ3v) is 4.37. The highest BCUT2D eigenvalue weighted by molar-refractivity contribution is 7.12. The molecule has 0 N–H and O–H groups in total. The van der Waals surface area contributed by atoms with Crippen LogP contribution in [0, 0.1) is 0 Å². The lowest BCUT2D eigenvalue weighted by Crippen LogP contribution is -2.30. The Morgan fingerprint density at radius 1 is 1.45 bits per heavy atom. The van der Waals surface area contributed by atoms with E-state index in [-0.39, 0.29) is 12.0 Å². The molecule has 3 rings (SSSR count). The fraction of sp³-hybridized carbons (Fsp3) is 0.400. The van der Waals surface area contributed by atoms with Crippen LogP contribution in [0.15, 0.2) is 29.9 Å². The van der Waals surface area contributed by atoms with Gasteiger partial charge in [-0.25, -0.2) is 0 Å². The molecule has 0 aliphatic carbocycles. The third-order valence-electron chi connectivity index (χ3n) is 3.51. The normalized spacial score (nSPS) is 17.5. The number of nitrogens with zero attached hydrogens (tertiary/aromatic N) is 4. The van der Waals surface area contributed by atoms with E-state index in [0.717, 1.165) is 17.1 Å². The van der Waals surface area contributed by atoms with Crippen LogP contribution in [0.25, 0.3) is 0 Å². The van der Waals surface area contributed by atoms with Gasteiger partial charge in [-0.3, -0.25) is 9.78 Å². The molecule has 0 bridgehead atoms. The Morgan fingerprint density at radius 2 is 2.32 bits per heavy atom. The fourth-order valence-corrected chi connectivity index (χ4v) is 3.04. The number of hydrogen-bond acceptors (Lipinski definition) is 6. The number of hydrogen-bond donors (Lipinski definition) is 0. The summed E-state index contributed by atoms with van der Waals surface area (Å²) < 4.78 is 5.87. The van der Waals surface area contributed by atoms with Gasteiger partial charge in [-0.05, 0) is 11.4 Å². The summed E-state index contributed by atoms with van der Waals surface area (Å²) in [5.74, 6) is 1.33. The summed E-state index contributed by atoms with van der Waals surface area (Å²) in [5, 5.41) is 1.92. The van der Waals surface area contributed by atoms with Gasteiger partial charge < -0.3 is 14.5 Å². The molecule has 116 valence electrons. The molecule has 0 spiro atoms. The van der Waals surface area contributed by atoms with Crippen molar-refractivity contribution in [1.29, 1.82) is 0 Å². The highest BCUT2D eigenvalue weighted by atomic mass is 32.1. The average Bonchev–Trinajstić information content (AvgIpc) is 3.18. The van der Waals surface area contributed by atoms with E-state index in [1.807, 2.05) is 41.4 Å². The quantitative estimate of drug-likeness (QED) is 0.862. The minimum atomic E-state index is -0.0318. The highest BCUT2D eigenvalue weighted by Crippen LogP contribution is 2.21. The maximum absolute atomic E-state index is 12.3. The summed E-state index contributed by atoms with van der Waals surface area (Å²) in [6.45, 7) is 1.30. The molecule has 22 heavy (non-hydrogen) atoms. The Bertz CT molecular complexity index is 645. The van der Waals surface area contributed by atoms with E-state index in [9.17, 15) is 4.79 Å². The van der Waals surface area contributed by atoms with Gasteiger partial charge in [0.15, 0.2) is 5.82 Å². The van der Waals surface area contributed by atoms with Crippen LogP contribution in [0.4, 0.5) is 5.82 Å². The molecule has 1 aliphatic rings. The Morgan fingerprint density at radius 3 is 3.05 bits per heavy atom. The molecule has 0 radical (unpaired) electrons. The number of aromatic nitrogens is 2. The van der Waals surface area contributed by atoms with E-state index < -0.39 is 0 Å². The maximum atomic E-state index is 12.3. The Kier molecular flexibility index (Phi) is 4.24. The molecule has 0 unspecified atom stereocenters. The third kappa shape index (κ3) is 3.19. The lowest BCUT2D eigenvalue weighted by Gasteiger charge is -2.17. The lowest BCUT2D eigenvalue weighted by molar-refractivity contribution is 0.0776. The highest BCUT2D eigenvalue weighted by Gasteiger charge is 2.29. The van der Waals surface area contributed by atoms with Crippen molar-refractivity contribution in [2.45, 2.75) is 12.5 Å². The van der Waals surface area contributed by atoms with Gasteiger partial charge in [0.05, 0.1) is 23.8 Å². The van der Waals surface area contributed by atoms with Gasteiger partial charge in [0.1, 0.15) is 6.10 Å². The molecule has 1 atom stereocenters. The lowest BCUT2D eigenvalue weighted by atomic mass is 10.3. The van der Waals surface area contributed by atoms with Crippen LogP contribution >= 0.6 is 11.3 Å². The van der Waals surface area contributed by atoms with E-state index in [0.29, 0.717) is 19.0 Å². The zero-order valence-corrected chi connectivity index (χ0v) is 13.4. The predicted octanol–water partition coefficient (Wildman–Crippen LogP) is 1.90.